The highest BCUT2D eigenvalue weighted by atomic mass is 32.1. The van der Waals surface area contributed by atoms with Gasteiger partial charge in [0.1, 0.15) is 16.9 Å². The van der Waals surface area contributed by atoms with Crippen molar-refractivity contribution in [2.45, 2.75) is 77.3 Å². The Balaban J connectivity index is 1.44. The van der Waals surface area contributed by atoms with Crippen LogP contribution in [0.3, 0.4) is 0 Å². The number of carbonyl (C=O) groups is 2. The highest BCUT2D eigenvalue weighted by molar-refractivity contribution is 7.19. The number of rotatable bonds is 7. The van der Waals surface area contributed by atoms with Gasteiger partial charge in [-0.25, -0.2) is 9.37 Å². The Bertz CT molecular complexity index is 1250. The molecule has 1 aliphatic heterocycles. The number of likely N-dealkylation sites (tertiary alicyclic amines) is 1. The molecule has 5 nitrogen and oxygen atoms in total. The van der Waals surface area contributed by atoms with Gasteiger partial charge in [-0.2, -0.15) is 0 Å². The summed E-state index contributed by atoms with van der Waals surface area (Å²) in [4.78, 5) is 33.9. The first-order valence-electron chi connectivity index (χ1n) is 13.7. The highest BCUT2D eigenvalue weighted by Crippen LogP contribution is 2.41. The Morgan fingerprint density at radius 3 is 2.57 bits per heavy atom. The third-order valence-electron chi connectivity index (χ3n) is 8.15. The van der Waals surface area contributed by atoms with Crippen LogP contribution in [0.2, 0.25) is 0 Å². The van der Waals surface area contributed by atoms with Gasteiger partial charge < -0.3 is 10.2 Å². The van der Waals surface area contributed by atoms with E-state index in [1.807, 2.05) is 36.9 Å². The van der Waals surface area contributed by atoms with E-state index in [0.29, 0.717) is 6.54 Å². The second-order valence-corrected chi connectivity index (χ2v) is 11.6. The fraction of sp³-hybridized carbons (Fsp3) is 0.500. The van der Waals surface area contributed by atoms with Gasteiger partial charge in [-0.05, 0) is 61.8 Å². The second kappa shape index (κ2) is 11.3. The molecule has 3 atom stereocenters. The summed E-state index contributed by atoms with van der Waals surface area (Å²) in [6.45, 7) is 4.62. The molecule has 1 saturated heterocycles. The molecule has 1 saturated carbocycles. The third-order valence-corrected chi connectivity index (χ3v) is 9.36. The smallest absolute Gasteiger partial charge is 0.246 e. The number of aromatic nitrogens is 1. The van der Waals surface area contributed by atoms with Crippen molar-refractivity contribution in [2.75, 3.05) is 6.54 Å². The van der Waals surface area contributed by atoms with Crippen LogP contribution in [0.5, 0.6) is 0 Å². The predicted octanol–water partition coefficient (Wildman–Crippen LogP) is 6.88. The predicted molar refractivity (Wildman–Crippen MR) is 147 cm³/mol. The maximum atomic E-state index is 14.1. The number of thiazole rings is 1. The van der Waals surface area contributed by atoms with E-state index in [-0.39, 0.29) is 35.5 Å². The number of hydrogen-bond acceptors (Lipinski definition) is 4. The molecule has 3 unspecified atom stereocenters. The monoisotopic (exact) mass is 521 g/mol. The summed E-state index contributed by atoms with van der Waals surface area (Å²) in [5, 5.41) is 4.11. The van der Waals surface area contributed by atoms with E-state index < -0.39 is 6.04 Å². The van der Waals surface area contributed by atoms with E-state index in [9.17, 15) is 14.0 Å². The van der Waals surface area contributed by atoms with Gasteiger partial charge in [0.05, 0.1) is 16.3 Å². The molecule has 3 aromatic rings. The molecule has 2 heterocycles. The number of carbonyl (C=O) groups excluding carboxylic acids is 2. The molecule has 0 bridgehead atoms. The lowest BCUT2D eigenvalue weighted by atomic mass is 9.83. The first kappa shape index (κ1) is 25.8. The minimum Gasteiger partial charge on any atom is -0.344 e. The Hall–Kier alpha value is -2.80. The normalized spacial score (nSPS) is 20.2. The van der Waals surface area contributed by atoms with Gasteiger partial charge in [-0.15, -0.1) is 11.3 Å². The molecule has 7 heteroatoms. The molecule has 2 aromatic carbocycles. The quantitative estimate of drug-likeness (QED) is 0.369. The van der Waals surface area contributed by atoms with Crippen molar-refractivity contribution < 1.29 is 14.0 Å². The molecule has 1 aromatic heterocycles. The fourth-order valence-corrected chi connectivity index (χ4v) is 7.01. The van der Waals surface area contributed by atoms with Crippen LogP contribution in [0.15, 0.2) is 42.5 Å². The van der Waals surface area contributed by atoms with Crippen LogP contribution in [0.25, 0.3) is 21.3 Å². The zero-order valence-corrected chi connectivity index (χ0v) is 22.5. The molecule has 5 rings (SSSR count). The number of amides is 2. The number of benzene rings is 2. The molecular formula is C30H36FN3O2S. The molecule has 196 valence electrons. The van der Waals surface area contributed by atoms with Gasteiger partial charge in [0.15, 0.2) is 0 Å². The Labute approximate surface area is 222 Å². The summed E-state index contributed by atoms with van der Waals surface area (Å²) < 4.78 is 14.6. The van der Waals surface area contributed by atoms with E-state index >= 15 is 0 Å². The van der Waals surface area contributed by atoms with E-state index in [1.165, 1.54) is 18.6 Å². The Morgan fingerprint density at radius 1 is 1.08 bits per heavy atom. The highest BCUT2D eigenvalue weighted by Gasteiger charge is 2.40. The SMILES string of the molecule is CCC(C)C(=O)NC(C(=O)N1CCCC1c1nc2cccc(-c3ccc(F)cc3)c2s1)C1CCCCC1. The number of nitrogens with zero attached hydrogens (tertiary/aromatic N) is 2. The molecule has 2 fully saturated rings. The van der Waals surface area contributed by atoms with E-state index in [2.05, 4.69) is 5.32 Å². The molecule has 1 aliphatic carbocycles. The summed E-state index contributed by atoms with van der Waals surface area (Å²) in [6, 6.07) is 12.0. The Morgan fingerprint density at radius 2 is 1.84 bits per heavy atom. The van der Waals surface area contributed by atoms with Gasteiger partial charge in [0, 0.05) is 18.0 Å². The van der Waals surface area contributed by atoms with Crippen LogP contribution in [-0.2, 0) is 9.59 Å². The third kappa shape index (κ3) is 5.42. The lowest BCUT2D eigenvalue weighted by Crippen LogP contribution is -2.53. The maximum absolute atomic E-state index is 14.1. The van der Waals surface area contributed by atoms with Gasteiger partial charge in [0.2, 0.25) is 11.8 Å². The zero-order valence-electron chi connectivity index (χ0n) is 21.7. The van der Waals surface area contributed by atoms with Crippen molar-refractivity contribution in [1.29, 1.82) is 0 Å². The Kier molecular flexibility index (Phi) is 7.89. The van der Waals surface area contributed by atoms with Gasteiger partial charge in [0.25, 0.3) is 0 Å². The van der Waals surface area contributed by atoms with Gasteiger partial charge in [-0.1, -0.05) is 57.4 Å². The lowest BCUT2D eigenvalue weighted by molar-refractivity contribution is -0.140. The fourth-order valence-electron chi connectivity index (χ4n) is 5.76. The molecular weight excluding hydrogens is 485 g/mol. The average Bonchev–Trinajstić information content (AvgIpc) is 3.59. The maximum Gasteiger partial charge on any atom is 0.246 e. The number of halogens is 1. The van der Waals surface area contributed by atoms with Crippen molar-refractivity contribution in [3.8, 4) is 11.1 Å². The van der Waals surface area contributed by atoms with Crippen LogP contribution >= 0.6 is 11.3 Å². The van der Waals surface area contributed by atoms with Gasteiger partial charge >= 0.3 is 0 Å². The van der Waals surface area contributed by atoms with E-state index in [4.69, 9.17) is 4.98 Å². The number of fused-ring (bicyclic) bond motifs is 1. The second-order valence-electron chi connectivity index (χ2n) is 10.6. The van der Waals surface area contributed by atoms with Crippen molar-refractivity contribution >= 4 is 33.4 Å². The topological polar surface area (TPSA) is 62.3 Å². The number of hydrogen-bond donors (Lipinski definition) is 1. The van der Waals surface area contributed by atoms with Crippen LogP contribution in [0, 0.1) is 17.7 Å². The van der Waals surface area contributed by atoms with Crippen LogP contribution < -0.4 is 5.32 Å². The van der Waals surface area contributed by atoms with Crippen LogP contribution in [0.1, 0.15) is 76.3 Å². The first-order valence-corrected chi connectivity index (χ1v) is 14.5. The summed E-state index contributed by atoms with van der Waals surface area (Å²) in [5.41, 5.74) is 2.87. The summed E-state index contributed by atoms with van der Waals surface area (Å²) in [7, 11) is 0. The van der Waals surface area contributed by atoms with Gasteiger partial charge in [-0.3, -0.25) is 9.59 Å². The lowest BCUT2D eigenvalue weighted by Gasteiger charge is -2.35. The number of nitrogens with one attached hydrogen (secondary N) is 1. The average molecular weight is 522 g/mol. The van der Waals surface area contributed by atoms with Crippen molar-refractivity contribution in [1.82, 2.24) is 15.2 Å². The molecule has 0 radical (unpaired) electrons. The molecule has 2 aliphatic rings. The summed E-state index contributed by atoms with van der Waals surface area (Å²) >= 11 is 1.62. The van der Waals surface area contributed by atoms with Crippen molar-refractivity contribution in [2.24, 2.45) is 11.8 Å². The van der Waals surface area contributed by atoms with Crippen LogP contribution in [0.4, 0.5) is 4.39 Å². The van der Waals surface area contributed by atoms with E-state index in [0.717, 1.165) is 71.3 Å². The van der Waals surface area contributed by atoms with E-state index in [1.54, 1.807) is 23.5 Å². The summed E-state index contributed by atoms with van der Waals surface area (Å²) in [6.07, 6.45) is 7.94. The molecule has 2 amide bonds. The standard InChI is InChI=1S/C30H36FN3O2S/c1-3-19(2)28(35)33-26(21-9-5-4-6-10-21)30(36)34-18-8-13-25(34)29-32-24-12-7-11-23(27(24)37-29)20-14-16-22(31)17-15-20/h7,11-12,14-17,19,21,25-26H,3-6,8-10,13,18H2,1-2H3,(H,33,35). The largest absolute Gasteiger partial charge is 0.344 e. The minimum absolute atomic E-state index is 0.0221. The first-order chi connectivity index (χ1) is 18.0. The molecule has 1 N–H and O–H groups in total. The summed E-state index contributed by atoms with van der Waals surface area (Å²) in [5.74, 6) is -0.150. The molecule has 37 heavy (non-hydrogen) atoms. The zero-order chi connectivity index (χ0) is 25.9. The van der Waals surface area contributed by atoms with Crippen LogP contribution in [-0.4, -0.2) is 34.3 Å². The van der Waals surface area contributed by atoms with Crippen molar-refractivity contribution in [3.63, 3.8) is 0 Å². The molecule has 0 spiro atoms. The van der Waals surface area contributed by atoms with Crippen molar-refractivity contribution in [3.05, 3.63) is 53.3 Å². The minimum atomic E-state index is -0.466.